The minimum absolute atomic E-state index is 0.00575. The maximum atomic E-state index is 13.4. The molecule has 0 aliphatic carbocycles. The fourth-order valence-electron chi connectivity index (χ4n) is 3.87. The molecular formula is C23H24ClN3O4S. The van der Waals surface area contributed by atoms with E-state index in [2.05, 4.69) is 4.98 Å². The van der Waals surface area contributed by atoms with Gasteiger partial charge in [-0.05, 0) is 60.9 Å². The number of hydrogen-bond acceptors (Lipinski definition) is 5. The molecule has 0 radical (unpaired) electrons. The minimum atomic E-state index is -3.61. The molecule has 7 nitrogen and oxygen atoms in total. The van der Waals surface area contributed by atoms with Crippen LogP contribution >= 0.6 is 11.6 Å². The van der Waals surface area contributed by atoms with Gasteiger partial charge in [-0.3, -0.25) is 9.78 Å². The lowest BCUT2D eigenvalue weighted by Gasteiger charge is -2.33. The van der Waals surface area contributed by atoms with Crippen LogP contribution in [0.25, 0.3) is 0 Å². The van der Waals surface area contributed by atoms with E-state index >= 15 is 0 Å². The van der Waals surface area contributed by atoms with Crippen molar-refractivity contribution in [3.8, 4) is 0 Å². The molecule has 9 heteroatoms. The summed E-state index contributed by atoms with van der Waals surface area (Å²) in [4.78, 5) is 19.5. The zero-order valence-electron chi connectivity index (χ0n) is 17.4. The van der Waals surface area contributed by atoms with Crippen molar-refractivity contribution in [2.75, 3.05) is 13.1 Å². The molecule has 168 valence electrons. The number of aromatic nitrogens is 1. The van der Waals surface area contributed by atoms with Crippen molar-refractivity contribution >= 4 is 27.5 Å². The van der Waals surface area contributed by atoms with E-state index in [1.54, 1.807) is 41.8 Å². The predicted octanol–water partition coefficient (Wildman–Crippen LogP) is 3.96. The maximum absolute atomic E-state index is 13.4. The molecule has 3 aromatic rings. The van der Waals surface area contributed by atoms with E-state index in [9.17, 15) is 13.2 Å². The minimum Gasteiger partial charge on any atom is -0.467 e. The molecule has 0 atom stereocenters. The van der Waals surface area contributed by atoms with E-state index in [1.165, 1.54) is 16.4 Å². The summed E-state index contributed by atoms with van der Waals surface area (Å²) in [5.41, 5.74) is 0.926. The first-order valence-corrected chi connectivity index (χ1v) is 12.2. The Kier molecular flexibility index (Phi) is 6.93. The van der Waals surface area contributed by atoms with Crippen LogP contribution in [0.5, 0.6) is 0 Å². The Morgan fingerprint density at radius 2 is 1.84 bits per heavy atom. The van der Waals surface area contributed by atoms with Gasteiger partial charge in [-0.25, -0.2) is 8.42 Å². The Hall–Kier alpha value is -2.68. The monoisotopic (exact) mass is 473 g/mol. The molecule has 32 heavy (non-hydrogen) atoms. The molecule has 0 spiro atoms. The smallest absolute Gasteiger partial charge is 0.243 e. The highest BCUT2D eigenvalue weighted by atomic mass is 35.5. The highest BCUT2D eigenvalue weighted by molar-refractivity contribution is 7.89. The summed E-state index contributed by atoms with van der Waals surface area (Å²) in [5, 5.41) is 0.485. The molecule has 0 N–H and O–H groups in total. The lowest BCUT2D eigenvalue weighted by atomic mass is 9.96. The predicted molar refractivity (Wildman–Crippen MR) is 120 cm³/mol. The first kappa shape index (κ1) is 22.5. The van der Waals surface area contributed by atoms with E-state index in [0.717, 1.165) is 5.56 Å². The maximum Gasteiger partial charge on any atom is 0.243 e. The van der Waals surface area contributed by atoms with Crippen molar-refractivity contribution in [2.24, 2.45) is 5.92 Å². The van der Waals surface area contributed by atoms with Gasteiger partial charge in [0.15, 0.2) is 0 Å². The van der Waals surface area contributed by atoms with E-state index in [-0.39, 0.29) is 16.7 Å². The van der Waals surface area contributed by atoms with Gasteiger partial charge < -0.3 is 9.32 Å². The Balaban J connectivity index is 1.44. The molecule has 0 bridgehead atoms. The van der Waals surface area contributed by atoms with Crippen LogP contribution in [0.15, 0.2) is 76.5 Å². The van der Waals surface area contributed by atoms with Crippen molar-refractivity contribution < 1.29 is 17.6 Å². The zero-order chi connectivity index (χ0) is 22.6. The molecular weight excluding hydrogens is 450 g/mol. The second-order valence-electron chi connectivity index (χ2n) is 7.77. The van der Waals surface area contributed by atoms with E-state index < -0.39 is 10.0 Å². The number of carbonyl (C=O) groups excluding carboxylic acids is 1. The van der Waals surface area contributed by atoms with Gasteiger partial charge in [-0.15, -0.1) is 0 Å². The molecule has 1 aliphatic rings. The van der Waals surface area contributed by atoms with Gasteiger partial charge in [0.2, 0.25) is 15.9 Å². The highest BCUT2D eigenvalue weighted by Crippen LogP contribution is 2.27. The van der Waals surface area contributed by atoms with Crippen LogP contribution in [0.4, 0.5) is 0 Å². The summed E-state index contributed by atoms with van der Waals surface area (Å²) in [5.74, 6) is 0.442. The van der Waals surface area contributed by atoms with Gasteiger partial charge in [-0.2, -0.15) is 4.31 Å². The van der Waals surface area contributed by atoms with Crippen LogP contribution in [-0.2, 0) is 27.9 Å². The first-order valence-electron chi connectivity index (χ1n) is 10.4. The number of furan rings is 1. The number of rotatable bonds is 7. The van der Waals surface area contributed by atoms with Crippen molar-refractivity contribution in [1.29, 1.82) is 0 Å². The van der Waals surface area contributed by atoms with Crippen LogP contribution in [-0.4, -0.2) is 41.6 Å². The van der Waals surface area contributed by atoms with Crippen LogP contribution in [0.2, 0.25) is 5.02 Å². The zero-order valence-corrected chi connectivity index (χ0v) is 19.0. The fraction of sp³-hybridized carbons (Fsp3) is 0.304. The highest BCUT2D eigenvalue weighted by Gasteiger charge is 2.34. The van der Waals surface area contributed by atoms with Gasteiger partial charge >= 0.3 is 0 Å². The van der Waals surface area contributed by atoms with Crippen molar-refractivity contribution in [2.45, 2.75) is 30.8 Å². The van der Waals surface area contributed by atoms with Crippen molar-refractivity contribution in [3.63, 3.8) is 0 Å². The van der Waals surface area contributed by atoms with Crippen LogP contribution in [0.1, 0.15) is 24.2 Å². The second kappa shape index (κ2) is 9.85. The van der Waals surface area contributed by atoms with Crippen LogP contribution < -0.4 is 0 Å². The second-order valence-corrected chi connectivity index (χ2v) is 10.1. The van der Waals surface area contributed by atoms with Gasteiger partial charge in [0.05, 0.1) is 17.7 Å². The quantitative estimate of drug-likeness (QED) is 0.518. The number of nitrogens with zero attached hydrogens (tertiary/aromatic N) is 3. The Labute approximate surface area is 192 Å². The third-order valence-electron chi connectivity index (χ3n) is 5.59. The summed E-state index contributed by atoms with van der Waals surface area (Å²) < 4.78 is 32.8. The molecule has 1 amide bonds. The van der Waals surface area contributed by atoms with E-state index in [0.29, 0.717) is 49.8 Å². The Bertz CT molecular complexity index is 1130. The van der Waals surface area contributed by atoms with E-state index in [4.69, 9.17) is 16.0 Å². The van der Waals surface area contributed by atoms with Crippen LogP contribution in [0, 0.1) is 5.92 Å². The summed E-state index contributed by atoms with van der Waals surface area (Å²) in [6, 6.07) is 13.5. The normalized spacial score (nSPS) is 15.5. The number of benzene rings is 1. The van der Waals surface area contributed by atoms with Gasteiger partial charge in [-0.1, -0.05) is 17.7 Å². The molecule has 3 heterocycles. The number of pyridine rings is 1. The summed E-state index contributed by atoms with van der Waals surface area (Å²) >= 11 is 5.88. The first-order chi connectivity index (χ1) is 15.4. The Morgan fingerprint density at radius 1 is 1.09 bits per heavy atom. The number of carbonyl (C=O) groups is 1. The number of hydrogen-bond donors (Lipinski definition) is 0. The molecule has 0 saturated carbocycles. The number of halogens is 1. The van der Waals surface area contributed by atoms with Gasteiger partial charge in [0, 0.05) is 43.0 Å². The lowest BCUT2D eigenvalue weighted by Crippen LogP contribution is -2.44. The third kappa shape index (κ3) is 5.20. The average Bonchev–Trinajstić information content (AvgIpc) is 3.32. The van der Waals surface area contributed by atoms with Gasteiger partial charge in [0.25, 0.3) is 0 Å². The number of amides is 1. The largest absolute Gasteiger partial charge is 0.467 e. The molecule has 1 aromatic carbocycles. The number of sulfonamides is 1. The fourth-order valence-corrected chi connectivity index (χ4v) is 5.47. The summed E-state index contributed by atoms with van der Waals surface area (Å²) in [6.07, 6.45) is 5.95. The molecule has 2 aromatic heterocycles. The SMILES string of the molecule is O=C(C1CCN(S(=O)(=O)c2ccc(Cl)cc2)CC1)N(Cc1cccnc1)Cc1ccco1. The molecule has 1 saturated heterocycles. The Morgan fingerprint density at radius 3 is 2.47 bits per heavy atom. The lowest BCUT2D eigenvalue weighted by molar-refractivity contribution is -0.138. The van der Waals surface area contributed by atoms with Crippen molar-refractivity contribution in [1.82, 2.24) is 14.2 Å². The van der Waals surface area contributed by atoms with Gasteiger partial charge in [0.1, 0.15) is 5.76 Å². The summed E-state index contributed by atoms with van der Waals surface area (Å²) in [7, 11) is -3.61. The van der Waals surface area contributed by atoms with Crippen LogP contribution in [0.3, 0.4) is 0 Å². The van der Waals surface area contributed by atoms with E-state index in [1.807, 2.05) is 18.2 Å². The molecule has 4 rings (SSSR count). The topological polar surface area (TPSA) is 83.7 Å². The molecule has 1 aliphatic heterocycles. The standard InChI is InChI=1S/C23H24ClN3O4S/c24-20-5-7-22(8-6-20)32(29,30)27-12-9-19(10-13-27)23(28)26(17-21-4-2-14-31-21)16-18-3-1-11-25-15-18/h1-8,11,14-15,19H,9-10,12-13,16-17H2. The van der Waals surface area contributed by atoms with Crippen molar-refractivity contribution in [3.05, 3.63) is 83.5 Å². The summed E-state index contributed by atoms with van der Waals surface area (Å²) in [6.45, 7) is 1.35. The molecule has 1 fully saturated rings. The number of piperidine rings is 1. The molecule has 0 unspecified atom stereocenters. The third-order valence-corrected chi connectivity index (χ3v) is 7.75. The average molecular weight is 474 g/mol.